The Morgan fingerprint density at radius 2 is 2.33 bits per heavy atom. The number of carbonyl (C=O) groups is 1. The fraction of sp³-hybridized carbons (Fsp3) is 0.167. The molecule has 0 atom stereocenters. The molecule has 4 nitrogen and oxygen atoms in total. The lowest BCUT2D eigenvalue weighted by atomic mass is 10.2. The molecule has 1 heterocycles. The number of benzene rings is 1. The predicted molar refractivity (Wildman–Crippen MR) is 62.9 cm³/mol. The van der Waals surface area contributed by atoms with Gasteiger partial charge in [0.15, 0.2) is 5.69 Å². The molecule has 0 unspecified atom stereocenters. The Labute approximate surface area is 107 Å². The van der Waals surface area contributed by atoms with Crippen LogP contribution in [0.5, 0.6) is 0 Å². The van der Waals surface area contributed by atoms with Crippen molar-refractivity contribution in [3.05, 3.63) is 41.0 Å². The molecule has 0 fully saturated rings. The first kappa shape index (κ1) is 12.6. The van der Waals surface area contributed by atoms with E-state index in [0.29, 0.717) is 5.56 Å². The average Bonchev–Trinajstić information content (AvgIpc) is 2.82. The molecule has 2 aromatic rings. The van der Waals surface area contributed by atoms with E-state index < -0.39 is 11.8 Å². The van der Waals surface area contributed by atoms with Crippen molar-refractivity contribution >= 4 is 17.6 Å². The minimum absolute atomic E-state index is 0.0101. The quantitative estimate of drug-likeness (QED) is 0.802. The highest BCUT2D eigenvalue weighted by atomic mass is 35.5. The Morgan fingerprint density at radius 3 is 3.00 bits per heavy atom. The molecule has 0 saturated carbocycles. The molecule has 0 spiro atoms. The molecule has 2 rings (SSSR count). The van der Waals surface area contributed by atoms with Gasteiger partial charge in [0.2, 0.25) is 5.89 Å². The van der Waals surface area contributed by atoms with Crippen LogP contribution in [0.2, 0.25) is 5.02 Å². The molecule has 1 aromatic heterocycles. The van der Waals surface area contributed by atoms with Gasteiger partial charge in [-0.1, -0.05) is 11.6 Å². The fourth-order valence-electron chi connectivity index (χ4n) is 1.33. The molecular formula is C12H9ClFNO3. The second-order valence-corrected chi connectivity index (χ2v) is 3.79. The van der Waals surface area contributed by atoms with E-state index >= 15 is 0 Å². The first-order chi connectivity index (χ1) is 8.61. The summed E-state index contributed by atoms with van der Waals surface area (Å²) in [6.45, 7) is 1.93. The number of hydrogen-bond acceptors (Lipinski definition) is 4. The summed E-state index contributed by atoms with van der Waals surface area (Å²) >= 11 is 5.56. The smallest absolute Gasteiger partial charge is 0.360 e. The number of nitrogens with zero attached hydrogens (tertiary/aromatic N) is 1. The van der Waals surface area contributed by atoms with Gasteiger partial charge in [0, 0.05) is 5.56 Å². The highest BCUT2D eigenvalue weighted by molar-refractivity contribution is 6.30. The summed E-state index contributed by atoms with van der Waals surface area (Å²) < 4.78 is 23.1. The van der Waals surface area contributed by atoms with E-state index in [0.717, 1.165) is 0 Å². The largest absolute Gasteiger partial charge is 0.461 e. The molecule has 0 saturated heterocycles. The van der Waals surface area contributed by atoms with Crippen LogP contribution >= 0.6 is 11.6 Å². The lowest BCUT2D eigenvalue weighted by Gasteiger charge is -1.97. The zero-order chi connectivity index (χ0) is 13.1. The van der Waals surface area contributed by atoms with E-state index in [1.165, 1.54) is 18.4 Å². The van der Waals surface area contributed by atoms with E-state index in [2.05, 4.69) is 4.98 Å². The topological polar surface area (TPSA) is 52.3 Å². The Hall–Kier alpha value is -1.88. The van der Waals surface area contributed by atoms with Crippen LogP contribution in [0.25, 0.3) is 11.5 Å². The molecule has 0 aliphatic carbocycles. The molecule has 0 amide bonds. The zero-order valence-corrected chi connectivity index (χ0v) is 10.2. The van der Waals surface area contributed by atoms with Crippen LogP contribution in [0.4, 0.5) is 4.39 Å². The average molecular weight is 270 g/mol. The summed E-state index contributed by atoms with van der Waals surface area (Å²) in [5.74, 6) is -1.03. The summed E-state index contributed by atoms with van der Waals surface area (Å²) in [5, 5.41) is 0.0101. The van der Waals surface area contributed by atoms with E-state index in [1.807, 2.05) is 0 Å². The van der Waals surface area contributed by atoms with E-state index in [-0.39, 0.29) is 23.2 Å². The number of rotatable bonds is 3. The van der Waals surface area contributed by atoms with Gasteiger partial charge >= 0.3 is 5.97 Å². The van der Waals surface area contributed by atoms with Crippen molar-refractivity contribution in [3.8, 4) is 11.5 Å². The van der Waals surface area contributed by atoms with Crippen molar-refractivity contribution in [3.63, 3.8) is 0 Å². The summed E-state index contributed by atoms with van der Waals surface area (Å²) in [6, 6.07) is 4.12. The molecule has 0 aliphatic rings. The molecule has 94 valence electrons. The summed E-state index contributed by atoms with van der Waals surface area (Å²) in [5.41, 5.74) is 0.439. The predicted octanol–water partition coefficient (Wildman–Crippen LogP) is 3.31. The van der Waals surface area contributed by atoms with E-state index in [4.69, 9.17) is 20.8 Å². The van der Waals surface area contributed by atoms with Crippen LogP contribution in [0.3, 0.4) is 0 Å². The number of hydrogen-bond donors (Lipinski definition) is 0. The van der Waals surface area contributed by atoms with Gasteiger partial charge in [0.05, 0.1) is 11.6 Å². The van der Waals surface area contributed by atoms with Gasteiger partial charge in [-0.3, -0.25) is 0 Å². The van der Waals surface area contributed by atoms with Gasteiger partial charge < -0.3 is 9.15 Å². The van der Waals surface area contributed by atoms with Crippen LogP contribution in [0, 0.1) is 5.82 Å². The van der Waals surface area contributed by atoms with Crippen LogP contribution in [-0.2, 0) is 4.74 Å². The minimum atomic E-state index is -0.582. The molecule has 0 radical (unpaired) electrons. The van der Waals surface area contributed by atoms with Crippen LogP contribution < -0.4 is 0 Å². The monoisotopic (exact) mass is 269 g/mol. The minimum Gasteiger partial charge on any atom is -0.461 e. The van der Waals surface area contributed by atoms with Crippen molar-refractivity contribution in [2.75, 3.05) is 6.61 Å². The van der Waals surface area contributed by atoms with Gasteiger partial charge in [0.1, 0.15) is 12.1 Å². The fourth-order valence-corrected chi connectivity index (χ4v) is 1.45. The van der Waals surface area contributed by atoms with Gasteiger partial charge in [-0.15, -0.1) is 0 Å². The second-order valence-electron chi connectivity index (χ2n) is 3.39. The lowest BCUT2D eigenvalue weighted by molar-refractivity contribution is 0.0519. The van der Waals surface area contributed by atoms with Gasteiger partial charge in [0.25, 0.3) is 0 Å². The van der Waals surface area contributed by atoms with Gasteiger partial charge in [-0.05, 0) is 25.1 Å². The lowest BCUT2D eigenvalue weighted by Crippen LogP contribution is -2.04. The normalized spacial score (nSPS) is 10.4. The van der Waals surface area contributed by atoms with Crippen molar-refractivity contribution < 1.29 is 18.3 Å². The maximum absolute atomic E-state index is 13.3. The number of oxazole rings is 1. The van der Waals surface area contributed by atoms with Gasteiger partial charge in [-0.2, -0.15) is 0 Å². The number of aromatic nitrogens is 1. The van der Waals surface area contributed by atoms with E-state index in [1.54, 1.807) is 13.0 Å². The first-order valence-corrected chi connectivity index (χ1v) is 5.57. The Bertz CT molecular complexity index is 582. The standard InChI is InChI=1S/C12H9ClFNO3/c1-2-17-12(16)10-6-18-11(15-10)7-3-4-8(13)9(14)5-7/h3-6H,2H2,1H3. The third-order valence-electron chi connectivity index (χ3n) is 2.16. The van der Waals surface area contributed by atoms with E-state index in [9.17, 15) is 9.18 Å². The molecule has 18 heavy (non-hydrogen) atoms. The van der Waals surface area contributed by atoms with Gasteiger partial charge in [-0.25, -0.2) is 14.2 Å². The molecule has 0 N–H and O–H groups in total. The number of halogens is 2. The summed E-state index contributed by atoms with van der Waals surface area (Å²) in [6.07, 6.45) is 1.17. The van der Waals surface area contributed by atoms with Crippen molar-refractivity contribution in [2.24, 2.45) is 0 Å². The molecular weight excluding hydrogens is 261 g/mol. The SMILES string of the molecule is CCOC(=O)c1coc(-c2ccc(Cl)c(F)c2)n1. The third kappa shape index (κ3) is 2.51. The van der Waals surface area contributed by atoms with Crippen LogP contribution in [0.15, 0.2) is 28.9 Å². The number of carbonyl (C=O) groups excluding carboxylic acids is 1. The second kappa shape index (κ2) is 5.18. The van der Waals surface area contributed by atoms with Crippen molar-refractivity contribution in [1.29, 1.82) is 0 Å². The van der Waals surface area contributed by atoms with Crippen LogP contribution in [-0.4, -0.2) is 17.6 Å². The highest BCUT2D eigenvalue weighted by Gasteiger charge is 2.15. The molecule has 0 aliphatic heterocycles. The Balaban J connectivity index is 2.29. The highest BCUT2D eigenvalue weighted by Crippen LogP contribution is 2.23. The van der Waals surface area contributed by atoms with Crippen LogP contribution in [0.1, 0.15) is 17.4 Å². The number of ether oxygens (including phenoxy) is 1. The maximum Gasteiger partial charge on any atom is 0.360 e. The van der Waals surface area contributed by atoms with Crippen molar-refractivity contribution in [2.45, 2.75) is 6.92 Å². The summed E-state index contributed by atoms with van der Waals surface area (Å²) in [7, 11) is 0. The van der Waals surface area contributed by atoms with Crippen molar-refractivity contribution in [1.82, 2.24) is 4.98 Å². The zero-order valence-electron chi connectivity index (χ0n) is 9.44. The molecule has 0 bridgehead atoms. The molecule has 1 aromatic carbocycles. The number of esters is 1. The summed E-state index contributed by atoms with van der Waals surface area (Å²) in [4.78, 5) is 15.3. The Kier molecular flexibility index (Phi) is 3.62. The molecule has 6 heteroatoms. The maximum atomic E-state index is 13.3. The Morgan fingerprint density at radius 1 is 1.56 bits per heavy atom. The first-order valence-electron chi connectivity index (χ1n) is 5.20. The third-order valence-corrected chi connectivity index (χ3v) is 2.46.